The van der Waals surface area contributed by atoms with Crippen molar-refractivity contribution < 1.29 is 19.5 Å². The number of carboxylic acid groups (broad SMARTS) is 1. The van der Waals surface area contributed by atoms with Crippen LogP contribution >= 0.6 is 0 Å². The number of rotatable bonds is 4. The molecule has 0 bridgehead atoms. The molecule has 1 aliphatic rings. The summed E-state index contributed by atoms with van der Waals surface area (Å²) in [6.07, 6.45) is 1.12. The number of aryl methyl sites for hydroxylation is 1. The lowest BCUT2D eigenvalue weighted by Crippen LogP contribution is -2.35. The Kier molecular flexibility index (Phi) is 4.26. The van der Waals surface area contributed by atoms with E-state index in [1.165, 1.54) is 6.92 Å². The second-order valence-electron chi connectivity index (χ2n) is 5.25. The highest BCUT2D eigenvalue weighted by Gasteiger charge is 2.23. The van der Waals surface area contributed by atoms with Gasteiger partial charge in [0.25, 0.3) is 0 Å². The van der Waals surface area contributed by atoms with Crippen LogP contribution in [0.25, 0.3) is 0 Å². The Labute approximate surface area is 122 Å². The minimum absolute atomic E-state index is 0.00637. The number of aliphatic carboxylic acids is 1. The normalized spacial score (nSPS) is 16.4. The number of hydrogen-bond acceptors (Lipinski definition) is 3. The summed E-state index contributed by atoms with van der Waals surface area (Å²) in [5.41, 5.74) is 2.71. The van der Waals surface area contributed by atoms with Gasteiger partial charge >= 0.3 is 5.97 Å². The third-order valence-electron chi connectivity index (χ3n) is 3.65. The molecule has 3 N–H and O–H groups in total. The Morgan fingerprint density at radius 3 is 2.67 bits per heavy atom. The fraction of sp³-hybridized carbons (Fsp3) is 0.400. The molecule has 1 aromatic carbocycles. The number of carbonyl (C=O) groups is 3. The van der Waals surface area contributed by atoms with Gasteiger partial charge in [0.05, 0.1) is 6.04 Å². The van der Waals surface area contributed by atoms with Crippen LogP contribution in [0.5, 0.6) is 0 Å². The summed E-state index contributed by atoms with van der Waals surface area (Å²) < 4.78 is 0. The Morgan fingerprint density at radius 2 is 2.00 bits per heavy atom. The van der Waals surface area contributed by atoms with Crippen LogP contribution in [0, 0.1) is 5.92 Å². The highest BCUT2D eigenvalue weighted by molar-refractivity contribution is 5.96. The van der Waals surface area contributed by atoms with E-state index < -0.39 is 17.8 Å². The van der Waals surface area contributed by atoms with E-state index >= 15 is 0 Å². The van der Waals surface area contributed by atoms with Gasteiger partial charge in [0.2, 0.25) is 11.8 Å². The third-order valence-corrected chi connectivity index (χ3v) is 3.65. The van der Waals surface area contributed by atoms with Crippen LogP contribution in [0.4, 0.5) is 5.69 Å². The van der Waals surface area contributed by atoms with Crippen molar-refractivity contribution >= 4 is 23.5 Å². The van der Waals surface area contributed by atoms with Gasteiger partial charge in [-0.05, 0) is 37.5 Å². The van der Waals surface area contributed by atoms with Crippen molar-refractivity contribution in [2.75, 3.05) is 5.32 Å². The second-order valence-corrected chi connectivity index (χ2v) is 5.25. The summed E-state index contributed by atoms with van der Waals surface area (Å²) in [5.74, 6) is -2.73. The molecule has 1 aromatic rings. The minimum Gasteiger partial charge on any atom is -0.481 e. The summed E-state index contributed by atoms with van der Waals surface area (Å²) in [6.45, 7) is 3.16. The number of carboxylic acids is 1. The van der Waals surface area contributed by atoms with Crippen molar-refractivity contribution in [3.05, 3.63) is 29.3 Å². The van der Waals surface area contributed by atoms with E-state index in [-0.39, 0.29) is 11.9 Å². The lowest BCUT2D eigenvalue weighted by atomic mass is 9.97. The zero-order valence-electron chi connectivity index (χ0n) is 12.0. The standard InChI is InChI=1S/C15H18N2O4/c1-8(15(20)21)14(19)16-9(2)10-3-5-12-11(7-10)4-6-13(18)17-12/h3,5,7-9H,4,6H2,1-2H3,(H,16,19)(H,17,18)(H,20,21). The Hall–Kier alpha value is -2.37. The molecular formula is C15H18N2O4. The van der Waals surface area contributed by atoms with Gasteiger partial charge in [-0.1, -0.05) is 12.1 Å². The van der Waals surface area contributed by atoms with Crippen molar-refractivity contribution in [2.45, 2.75) is 32.7 Å². The summed E-state index contributed by atoms with van der Waals surface area (Å²) in [4.78, 5) is 33.8. The van der Waals surface area contributed by atoms with Crippen molar-refractivity contribution in [3.8, 4) is 0 Å². The van der Waals surface area contributed by atoms with Crippen LogP contribution in [0.15, 0.2) is 18.2 Å². The number of hydrogen-bond donors (Lipinski definition) is 3. The van der Waals surface area contributed by atoms with E-state index in [9.17, 15) is 14.4 Å². The Bertz CT molecular complexity index is 597. The fourth-order valence-corrected chi connectivity index (χ4v) is 2.21. The van der Waals surface area contributed by atoms with Crippen LogP contribution in [0.3, 0.4) is 0 Å². The molecule has 6 heteroatoms. The average molecular weight is 290 g/mol. The van der Waals surface area contributed by atoms with Gasteiger partial charge in [-0.2, -0.15) is 0 Å². The topological polar surface area (TPSA) is 95.5 Å². The van der Waals surface area contributed by atoms with E-state index in [4.69, 9.17) is 5.11 Å². The van der Waals surface area contributed by atoms with Crippen LogP contribution < -0.4 is 10.6 Å². The summed E-state index contributed by atoms with van der Waals surface area (Å²) in [5, 5.41) is 14.3. The van der Waals surface area contributed by atoms with Crippen LogP contribution in [0.1, 0.15) is 37.4 Å². The maximum Gasteiger partial charge on any atom is 0.315 e. The molecule has 0 radical (unpaired) electrons. The van der Waals surface area contributed by atoms with Gasteiger partial charge in [-0.15, -0.1) is 0 Å². The molecule has 0 saturated heterocycles. The first-order valence-corrected chi connectivity index (χ1v) is 6.84. The molecule has 1 aliphatic heterocycles. The Morgan fingerprint density at radius 1 is 1.29 bits per heavy atom. The lowest BCUT2D eigenvalue weighted by molar-refractivity contribution is -0.146. The van der Waals surface area contributed by atoms with Gasteiger partial charge in [-0.3, -0.25) is 14.4 Å². The minimum atomic E-state index is -1.15. The van der Waals surface area contributed by atoms with Gasteiger partial charge < -0.3 is 15.7 Å². The molecule has 0 saturated carbocycles. The van der Waals surface area contributed by atoms with Crippen LogP contribution in [0.2, 0.25) is 0 Å². The number of benzene rings is 1. The molecule has 2 amide bonds. The molecule has 1 heterocycles. The highest BCUT2D eigenvalue weighted by atomic mass is 16.4. The second kappa shape index (κ2) is 5.95. The van der Waals surface area contributed by atoms with Crippen molar-refractivity contribution in [2.24, 2.45) is 5.92 Å². The molecule has 2 rings (SSSR count). The molecule has 0 spiro atoms. The van der Waals surface area contributed by atoms with Gasteiger partial charge in [0.15, 0.2) is 0 Å². The summed E-state index contributed by atoms with van der Waals surface area (Å²) in [7, 11) is 0. The van der Waals surface area contributed by atoms with E-state index in [2.05, 4.69) is 10.6 Å². The molecule has 112 valence electrons. The monoisotopic (exact) mass is 290 g/mol. The van der Waals surface area contributed by atoms with Gasteiger partial charge in [0.1, 0.15) is 5.92 Å². The maximum absolute atomic E-state index is 11.8. The van der Waals surface area contributed by atoms with E-state index in [1.54, 1.807) is 6.92 Å². The Balaban J connectivity index is 2.10. The number of anilines is 1. The van der Waals surface area contributed by atoms with Crippen molar-refractivity contribution in [1.82, 2.24) is 5.32 Å². The van der Waals surface area contributed by atoms with E-state index in [0.29, 0.717) is 12.8 Å². The molecule has 2 unspecified atom stereocenters. The summed E-state index contributed by atoms with van der Waals surface area (Å²) >= 11 is 0. The SMILES string of the molecule is CC(C(=O)O)C(=O)NC(C)c1ccc2c(c1)CCC(=O)N2. The number of amides is 2. The number of carbonyl (C=O) groups excluding carboxylic acids is 2. The molecule has 6 nitrogen and oxygen atoms in total. The van der Waals surface area contributed by atoms with Crippen molar-refractivity contribution in [3.63, 3.8) is 0 Å². The van der Waals surface area contributed by atoms with Gasteiger partial charge in [0, 0.05) is 12.1 Å². The first-order chi connectivity index (χ1) is 9.88. The first kappa shape index (κ1) is 15.0. The quantitative estimate of drug-likeness (QED) is 0.732. The van der Waals surface area contributed by atoms with Crippen molar-refractivity contribution in [1.29, 1.82) is 0 Å². The predicted octanol–water partition coefficient (Wildman–Crippen LogP) is 1.47. The summed E-state index contributed by atoms with van der Waals surface area (Å²) in [6, 6.07) is 5.28. The van der Waals surface area contributed by atoms with E-state index in [1.807, 2.05) is 18.2 Å². The zero-order valence-corrected chi connectivity index (χ0v) is 12.0. The largest absolute Gasteiger partial charge is 0.481 e. The molecule has 0 aromatic heterocycles. The average Bonchev–Trinajstić information content (AvgIpc) is 2.45. The molecule has 0 fully saturated rings. The number of fused-ring (bicyclic) bond motifs is 1. The van der Waals surface area contributed by atoms with E-state index in [0.717, 1.165) is 16.8 Å². The van der Waals surface area contributed by atoms with Crippen LogP contribution in [-0.2, 0) is 20.8 Å². The van der Waals surface area contributed by atoms with Crippen LogP contribution in [-0.4, -0.2) is 22.9 Å². The first-order valence-electron chi connectivity index (χ1n) is 6.84. The predicted molar refractivity (Wildman–Crippen MR) is 76.8 cm³/mol. The molecule has 2 atom stereocenters. The number of nitrogens with one attached hydrogen (secondary N) is 2. The highest BCUT2D eigenvalue weighted by Crippen LogP contribution is 2.26. The maximum atomic E-state index is 11.8. The molecular weight excluding hydrogens is 272 g/mol. The third kappa shape index (κ3) is 3.39. The lowest BCUT2D eigenvalue weighted by Gasteiger charge is -2.21. The molecule has 0 aliphatic carbocycles. The smallest absolute Gasteiger partial charge is 0.315 e. The van der Waals surface area contributed by atoms with Gasteiger partial charge in [-0.25, -0.2) is 0 Å². The molecule has 21 heavy (non-hydrogen) atoms. The fourth-order valence-electron chi connectivity index (χ4n) is 2.21. The zero-order chi connectivity index (χ0) is 15.6.